The van der Waals surface area contributed by atoms with E-state index in [-0.39, 0.29) is 17.8 Å². The highest BCUT2D eigenvalue weighted by Gasteiger charge is 2.25. The molecule has 1 heterocycles. The number of carbonyl (C=O) groups is 1. The van der Waals surface area contributed by atoms with Gasteiger partial charge in [0.2, 0.25) is 0 Å². The van der Waals surface area contributed by atoms with E-state index >= 15 is 0 Å². The molecule has 1 saturated carbocycles. The number of halogens is 1. The van der Waals surface area contributed by atoms with Crippen LogP contribution < -0.4 is 5.32 Å². The Bertz CT molecular complexity index is 680. The predicted octanol–water partition coefficient (Wildman–Crippen LogP) is 2.65. The first-order chi connectivity index (χ1) is 10.0. The molecule has 2 unspecified atom stereocenters. The number of carbonyl (C=O) groups excluding carboxylic acids is 1. The number of aryl methyl sites for hydroxylation is 1. The zero-order chi connectivity index (χ0) is 15.0. The van der Waals surface area contributed by atoms with Crippen LogP contribution in [0.3, 0.4) is 0 Å². The molecule has 5 heteroatoms. The molecule has 1 aliphatic rings. The predicted molar refractivity (Wildman–Crippen MR) is 78.7 cm³/mol. The zero-order valence-electron chi connectivity index (χ0n) is 11.9. The second kappa shape index (κ2) is 5.48. The number of aliphatic hydroxyl groups is 1. The van der Waals surface area contributed by atoms with Gasteiger partial charge in [0, 0.05) is 10.9 Å². The van der Waals surface area contributed by atoms with E-state index in [0.717, 1.165) is 36.6 Å². The molecule has 0 bridgehead atoms. The quantitative estimate of drug-likeness (QED) is 0.796. The molecule has 2 atom stereocenters. The van der Waals surface area contributed by atoms with Gasteiger partial charge in [-0.25, -0.2) is 4.39 Å². The van der Waals surface area contributed by atoms with E-state index in [9.17, 15) is 14.3 Å². The Labute approximate surface area is 122 Å². The second-order valence-corrected chi connectivity index (χ2v) is 5.80. The Hall–Kier alpha value is -1.88. The van der Waals surface area contributed by atoms with Crippen LogP contribution in [-0.2, 0) is 0 Å². The molecule has 0 spiro atoms. The summed E-state index contributed by atoms with van der Waals surface area (Å²) in [5, 5.41) is 13.6. The number of aromatic nitrogens is 1. The molecule has 112 valence electrons. The summed E-state index contributed by atoms with van der Waals surface area (Å²) in [6, 6.07) is 4.36. The summed E-state index contributed by atoms with van der Waals surface area (Å²) in [5.41, 5.74) is 1.80. The Kier molecular flexibility index (Phi) is 3.68. The van der Waals surface area contributed by atoms with E-state index < -0.39 is 6.10 Å². The maximum Gasteiger partial charge on any atom is 0.268 e. The molecule has 1 aromatic carbocycles. The van der Waals surface area contributed by atoms with Gasteiger partial charge >= 0.3 is 0 Å². The Morgan fingerprint density at radius 1 is 1.33 bits per heavy atom. The third-order valence-corrected chi connectivity index (χ3v) is 4.20. The van der Waals surface area contributed by atoms with Crippen LogP contribution in [0.25, 0.3) is 10.9 Å². The lowest BCUT2D eigenvalue weighted by Gasteiger charge is -2.28. The SMILES string of the molecule is Cc1cc(F)cc2[nH]c(C(=O)NC3CCCCC3O)cc12. The van der Waals surface area contributed by atoms with Gasteiger partial charge in [0.25, 0.3) is 5.91 Å². The molecule has 2 aromatic rings. The van der Waals surface area contributed by atoms with Crippen LogP contribution in [0.4, 0.5) is 4.39 Å². The maximum absolute atomic E-state index is 13.4. The highest BCUT2D eigenvalue weighted by molar-refractivity contribution is 5.99. The summed E-state index contributed by atoms with van der Waals surface area (Å²) in [5.74, 6) is -0.575. The van der Waals surface area contributed by atoms with Crippen molar-refractivity contribution < 1.29 is 14.3 Å². The van der Waals surface area contributed by atoms with Gasteiger partial charge in [-0.2, -0.15) is 0 Å². The lowest BCUT2D eigenvalue weighted by molar-refractivity contribution is 0.0714. The zero-order valence-corrected chi connectivity index (χ0v) is 11.9. The number of benzene rings is 1. The number of aromatic amines is 1. The first kappa shape index (κ1) is 14.1. The molecule has 0 aliphatic heterocycles. The Morgan fingerprint density at radius 2 is 2.10 bits per heavy atom. The Morgan fingerprint density at radius 3 is 2.86 bits per heavy atom. The molecule has 3 N–H and O–H groups in total. The smallest absolute Gasteiger partial charge is 0.268 e. The second-order valence-electron chi connectivity index (χ2n) is 5.80. The highest BCUT2D eigenvalue weighted by Crippen LogP contribution is 2.22. The number of nitrogens with one attached hydrogen (secondary N) is 2. The molecule has 1 aliphatic carbocycles. The molecule has 3 rings (SSSR count). The van der Waals surface area contributed by atoms with Crippen molar-refractivity contribution in [3.05, 3.63) is 35.3 Å². The van der Waals surface area contributed by atoms with Crippen LogP contribution in [-0.4, -0.2) is 28.1 Å². The fourth-order valence-electron chi connectivity index (χ4n) is 3.02. The number of aliphatic hydroxyl groups excluding tert-OH is 1. The minimum Gasteiger partial charge on any atom is -0.391 e. The largest absolute Gasteiger partial charge is 0.391 e. The summed E-state index contributed by atoms with van der Waals surface area (Å²) in [7, 11) is 0. The van der Waals surface area contributed by atoms with E-state index in [1.807, 2.05) is 6.92 Å². The summed E-state index contributed by atoms with van der Waals surface area (Å²) in [6.07, 6.45) is 3.05. The van der Waals surface area contributed by atoms with Crippen molar-refractivity contribution in [3.63, 3.8) is 0 Å². The van der Waals surface area contributed by atoms with Gasteiger partial charge in [0.1, 0.15) is 11.5 Å². The first-order valence-corrected chi connectivity index (χ1v) is 7.32. The van der Waals surface area contributed by atoms with Crippen molar-refractivity contribution in [2.45, 2.75) is 44.8 Å². The van der Waals surface area contributed by atoms with Crippen LogP contribution in [0.5, 0.6) is 0 Å². The number of amides is 1. The van der Waals surface area contributed by atoms with Crippen LogP contribution in [0.15, 0.2) is 18.2 Å². The topological polar surface area (TPSA) is 65.1 Å². The fourth-order valence-corrected chi connectivity index (χ4v) is 3.02. The average molecular weight is 290 g/mol. The van der Waals surface area contributed by atoms with Crippen molar-refractivity contribution in [2.75, 3.05) is 0 Å². The molecule has 1 aromatic heterocycles. The monoisotopic (exact) mass is 290 g/mol. The summed E-state index contributed by atoms with van der Waals surface area (Å²) < 4.78 is 13.4. The van der Waals surface area contributed by atoms with Gasteiger partial charge < -0.3 is 15.4 Å². The van der Waals surface area contributed by atoms with Crippen molar-refractivity contribution in [1.82, 2.24) is 10.3 Å². The molecule has 0 radical (unpaired) electrons. The summed E-state index contributed by atoms with van der Waals surface area (Å²) >= 11 is 0. The maximum atomic E-state index is 13.4. The van der Waals surface area contributed by atoms with Gasteiger partial charge in [-0.1, -0.05) is 12.8 Å². The van der Waals surface area contributed by atoms with Crippen LogP contribution in [0.1, 0.15) is 41.7 Å². The number of hydrogen-bond donors (Lipinski definition) is 3. The van der Waals surface area contributed by atoms with Crippen molar-refractivity contribution in [3.8, 4) is 0 Å². The molecule has 0 saturated heterocycles. The van der Waals surface area contributed by atoms with Crippen molar-refractivity contribution >= 4 is 16.8 Å². The van der Waals surface area contributed by atoms with E-state index in [4.69, 9.17) is 0 Å². The van der Waals surface area contributed by atoms with Crippen molar-refractivity contribution in [1.29, 1.82) is 0 Å². The van der Waals surface area contributed by atoms with Gasteiger partial charge in [-0.15, -0.1) is 0 Å². The first-order valence-electron chi connectivity index (χ1n) is 7.32. The number of hydrogen-bond acceptors (Lipinski definition) is 2. The summed E-state index contributed by atoms with van der Waals surface area (Å²) in [4.78, 5) is 15.2. The van der Waals surface area contributed by atoms with E-state index in [1.54, 1.807) is 6.07 Å². The Balaban J connectivity index is 1.83. The van der Waals surface area contributed by atoms with Crippen LogP contribution in [0, 0.1) is 12.7 Å². The highest BCUT2D eigenvalue weighted by atomic mass is 19.1. The molecular weight excluding hydrogens is 271 g/mol. The van der Waals surface area contributed by atoms with Gasteiger partial charge in [0.05, 0.1) is 12.1 Å². The number of rotatable bonds is 2. The van der Waals surface area contributed by atoms with Crippen molar-refractivity contribution in [2.24, 2.45) is 0 Å². The number of H-pyrrole nitrogens is 1. The fraction of sp³-hybridized carbons (Fsp3) is 0.438. The van der Waals surface area contributed by atoms with E-state index in [2.05, 4.69) is 10.3 Å². The van der Waals surface area contributed by atoms with E-state index in [0.29, 0.717) is 11.2 Å². The molecule has 1 amide bonds. The molecule has 4 nitrogen and oxygen atoms in total. The third kappa shape index (κ3) is 2.78. The van der Waals surface area contributed by atoms with Gasteiger partial charge in [-0.05, 0) is 43.5 Å². The lowest BCUT2D eigenvalue weighted by Crippen LogP contribution is -2.45. The van der Waals surface area contributed by atoms with Crippen LogP contribution in [0.2, 0.25) is 0 Å². The third-order valence-electron chi connectivity index (χ3n) is 4.20. The molecule has 21 heavy (non-hydrogen) atoms. The van der Waals surface area contributed by atoms with Gasteiger partial charge in [-0.3, -0.25) is 4.79 Å². The normalized spacial score (nSPS) is 22.4. The standard InChI is InChI=1S/C16H19FN2O2/c1-9-6-10(17)7-13-11(9)8-14(18-13)16(21)19-12-4-2-3-5-15(12)20/h6-8,12,15,18,20H,2-5H2,1H3,(H,19,21). The minimum absolute atomic E-state index is 0.199. The summed E-state index contributed by atoms with van der Waals surface area (Å²) in [6.45, 7) is 1.81. The minimum atomic E-state index is -0.480. The molecule has 1 fully saturated rings. The lowest BCUT2D eigenvalue weighted by atomic mass is 9.92. The van der Waals surface area contributed by atoms with Gasteiger partial charge in [0.15, 0.2) is 0 Å². The van der Waals surface area contributed by atoms with Crippen LogP contribution >= 0.6 is 0 Å². The molecular formula is C16H19FN2O2. The van der Waals surface area contributed by atoms with E-state index in [1.165, 1.54) is 12.1 Å². The average Bonchev–Trinajstić information content (AvgIpc) is 2.85. The number of fused-ring (bicyclic) bond motifs is 1.